The summed E-state index contributed by atoms with van der Waals surface area (Å²) in [5, 5.41) is 6.24. The zero-order valence-corrected chi connectivity index (χ0v) is 15.0. The minimum atomic E-state index is -0.0964. The highest BCUT2D eigenvalue weighted by Crippen LogP contribution is 2.26. The summed E-state index contributed by atoms with van der Waals surface area (Å²) in [5.74, 6) is 0.712. The Labute approximate surface area is 150 Å². The van der Waals surface area contributed by atoms with Crippen LogP contribution in [0.15, 0.2) is 35.3 Å². The quantitative estimate of drug-likeness (QED) is 0.656. The zero-order valence-electron chi connectivity index (χ0n) is 13.4. The molecule has 2 heterocycles. The highest BCUT2D eigenvalue weighted by atomic mass is 32.1. The summed E-state index contributed by atoms with van der Waals surface area (Å²) in [7, 11) is 1.64. The number of hydrogen-bond donors (Lipinski definition) is 1. The van der Waals surface area contributed by atoms with Gasteiger partial charge < -0.3 is 10.1 Å². The van der Waals surface area contributed by atoms with E-state index in [-0.39, 0.29) is 5.91 Å². The molecule has 1 N–H and O–H groups in total. The normalized spacial score (nSPS) is 15.9. The number of ether oxygens (including phenoxy) is 1. The monoisotopic (exact) mass is 359 g/mol. The third-order valence-electron chi connectivity index (χ3n) is 3.56. The van der Waals surface area contributed by atoms with Crippen molar-refractivity contribution in [2.75, 3.05) is 13.7 Å². The van der Waals surface area contributed by atoms with Gasteiger partial charge in [-0.2, -0.15) is 0 Å². The summed E-state index contributed by atoms with van der Waals surface area (Å²) in [6.45, 7) is 2.63. The second-order valence-electron chi connectivity index (χ2n) is 5.25. The van der Waals surface area contributed by atoms with Gasteiger partial charge in [0.25, 0.3) is 5.91 Å². The average Bonchev–Trinajstić information content (AvgIpc) is 3.16. The third kappa shape index (κ3) is 3.32. The van der Waals surface area contributed by atoms with Gasteiger partial charge in [0.1, 0.15) is 16.5 Å². The van der Waals surface area contributed by atoms with Crippen molar-refractivity contribution < 1.29 is 9.53 Å². The van der Waals surface area contributed by atoms with Crippen LogP contribution < -0.4 is 10.1 Å². The number of rotatable bonds is 5. The van der Waals surface area contributed by atoms with E-state index in [2.05, 4.69) is 10.3 Å². The first-order valence-electron chi connectivity index (χ1n) is 7.57. The number of amides is 1. The zero-order chi connectivity index (χ0) is 17.1. The molecule has 1 amide bonds. The predicted octanol–water partition coefficient (Wildman–Crippen LogP) is 3.29. The van der Waals surface area contributed by atoms with Gasteiger partial charge in [-0.3, -0.25) is 9.69 Å². The Kier molecular flexibility index (Phi) is 4.92. The lowest BCUT2D eigenvalue weighted by atomic mass is 10.2. The van der Waals surface area contributed by atoms with Crippen molar-refractivity contribution >= 4 is 40.7 Å². The molecule has 0 radical (unpaired) electrons. The van der Waals surface area contributed by atoms with Crippen LogP contribution in [0.1, 0.15) is 19.0 Å². The fraction of sp³-hybridized carbons (Fsp3) is 0.235. The molecule has 5 nitrogen and oxygen atoms in total. The lowest BCUT2D eigenvalue weighted by Gasteiger charge is -2.11. The van der Waals surface area contributed by atoms with Gasteiger partial charge in [-0.05, 0) is 49.0 Å². The molecule has 0 spiro atoms. The van der Waals surface area contributed by atoms with Crippen LogP contribution in [-0.4, -0.2) is 34.6 Å². The molecule has 7 heteroatoms. The van der Waals surface area contributed by atoms with E-state index >= 15 is 0 Å². The first kappa shape index (κ1) is 16.6. The molecule has 0 aliphatic carbocycles. The van der Waals surface area contributed by atoms with E-state index < -0.39 is 0 Å². The number of aromatic nitrogens is 1. The first-order valence-corrected chi connectivity index (χ1v) is 8.85. The van der Waals surface area contributed by atoms with E-state index in [4.69, 9.17) is 17.0 Å². The van der Waals surface area contributed by atoms with Crippen LogP contribution in [-0.2, 0) is 4.79 Å². The van der Waals surface area contributed by atoms with Gasteiger partial charge in [0.05, 0.1) is 12.8 Å². The first-order chi connectivity index (χ1) is 11.6. The molecule has 1 aromatic carbocycles. The molecule has 124 valence electrons. The van der Waals surface area contributed by atoms with E-state index in [0.717, 1.165) is 28.4 Å². The Bertz CT molecular complexity index is 796. The van der Waals surface area contributed by atoms with Gasteiger partial charge in [-0.25, -0.2) is 4.98 Å². The number of benzene rings is 1. The minimum absolute atomic E-state index is 0.0964. The summed E-state index contributed by atoms with van der Waals surface area (Å²) in [5.41, 5.74) is 2.22. The van der Waals surface area contributed by atoms with Crippen LogP contribution in [0.2, 0.25) is 0 Å². The van der Waals surface area contributed by atoms with E-state index in [0.29, 0.717) is 17.4 Å². The van der Waals surface area contributed by atoms with Gasteiger partial charge in [-0.15, -0.1) is 11.3 Å². The summed E-state index contributed by atoms with van der Waals surface area (Å²) in [6, 6.07) is 7.73. The molecule has 1 aliphatic rings. The fourth-order valence-electron chi connectivity index (χ4n) is 2.36. The molecule has 0 atom stereocenters. The van der Waals surface area contributed by atoms with Crippen LogP contribution in [0.5, 0.6) is 5.75 Å². The molecule has 1 fully saturated rings. The van der Waals surface area contributed by atoms with Gasteiger partial charge in [0.15, 0.2) is 5.11 Å². The topological polar surface area (TPSA) is 54.5 Å². The molecule has 0 bridgehead atoms. The van der Waals surface area contributed by atoms with Crippen molar-refractivity contribution in [1.82, 2.24) is 15.2 Å². The van der Waals surface area contributed by atoms with Crippen molar-refractivity contribution in [3.05, 3.63) is 41.0 Å². The van der Waals surface area contributed by atoms with Crippen LogP contribution >= 0.6 is 23.6 Å². The van der Waals surface area contributed by atoms with E-state index in [9.17, 15) is 4.79 Å². The molecule has 24 heavy (non-hydrogen) atoms. The number of carbonyl (C=O) groups excluding carboxylic acids is 1. The largest absolute Gasteiger partial charge is 0.497 e. The van der Waals surface area contributed by atoms with Gasteiger partial charge in [0.2, 0.25) is 0 Å². The van der Waals surface area contributed by atoms with Crippen LogP contribution in [0.4, 0.5) is 0 Å². The SMILES string of the molecule is CCCN1C(=O)/C(=C/c2csc(-c3ccc(OC)cc3)n2)NC1=S. The molecule has 3 rings (SSSR count). The number of thiocarbonyl (C=S) groups is 1. The Morgan fingerprint density at radius 2 is 2.12 bits per heavy atom. The van der Waals surface area contributed by atoms with Gasteiger partial charge in [0, 0.05) is 17.5 Å². The fourth-order valence-corrected chi connectivity index (χ4v) is 3.43. The van der Waals surface area contributed by atoms with Crippen molar-refractivity contribution in [2.45, 2.75) is 13.3 Å². The molecule has 1 aromatic heterocycles. The van der Waals surface area contributed by atoms with Crippen molar-refractivity contribution in [3.8, 4) is 16.3 Å². The number of carbonyl (C=O) groups is 1. The highest BCUT2D eigenvalue weighted by Gasteiger charge is 2.29. The number of hydrogen-bond acceptors (Lipinski definition) is 5. The van der Waals surface area contributed by atoms with E-state index in [1.54, 1.807) is 18.1 Å². The third-order valence-corrected chi connectivity index (χ3v) is 4.79. The van der Waals surface area contributed by atoms with Crippen molar-refractivity contribution in [2.24, 2.45) is 0 Å². The van der Waals surface area contributed by atoms with Gasteiger partial charge >= 0.3 is 0 Å². The van der Waals surface area contributed by atoms with Crippen molar-refractivity contribution in [3.63, 3.8) is 0 Å². The van der Waals surface area contributed by atoms with E-state index in [1.165, 1.54) is 11.3 Å². The molecule has 2 aromatic rings. The summed E-state index contributed by atoms with van der Waals surface area (Å²) < 4.78 is 5.16. The Hall–Kier alpha value is -2.25. The van der Waals surface area contributed by atoms with Crippen LogP contribution in [0, 0.1) is 0 Å². The molecule has 0 unspecified atom stereocenters. The Morgan fingerprint density at radius 1 is 1.38 bits per heavy atom. The maximum absolute atomic E-state index is 12.3. The smallest absolute Gasteiger partial charge is 0.276 e. The standard InChI is InChI=1S/C17H17N3O2S2/c1-3-8-20-16(21)14(19-17(20)23)9-12-10-24-15(18-12)11-4-6-13(22-2)7-5-11/h4-7,9-10H,3,8H2,1-2H3,(H,19,23)/b14-9-. The van der Waals surface area contributed by atoms with Crippen molar-refractivity contribution in [1.29, 1.82) is 0 Å². The van der Waals surface area contributed by atoms with Crippen LogP contribution in [0.25, 0.3) is 16.6 Å². The van der Waals surface area contributed by atoms with E-state index in [1.807, 2.05) is 36.6 Å². The lowest BCUT2D eigenvalue weighted by Crippen LogP contribution is -2.31. The maximum atomic E-state index is 12.3. The minimum Gasteiger partial charge on any atom is -0.497 e. The van der Waals surface area contributed by atoms with Gasteiger partial charge in [-0.1, -0.05) is 6.92 Å². The summed E-state index contributed by atoms with van der Waals surface area (Å²) in [6.07, 6.45) is 2.60. The molecular weight excluding hydrogens is 342 g/mol. The average molecular weight is 359 g/mol. The molecule has 0 saturated carbocycles. The number of thiazole rings is 1. The highest BCUT2D eigenvalue weighted by molar-refractivity contribution is 7.80. The Balaban J connectivity index is 1.80. The summed E-state index contributed by atoms with van der Waals surface area (Å²) >= 11 is 6.74. The number of methoxy groups -OCH3 is 1. The van der Waals surface area contributed by atoms with Crippen LogP contribution in [0.3, 0.4) is 0 Å². The molecular formula is C17H17N3O2S2. The number of nitrogens with zero attached hydrogens (tertiary/aromatic N) is 2. The molecule has 1 aliphatic heterocycles. The predicted molar refractivity (Wildman–Crippen MR) is 99.8 cm³/mol. The molecule has 1 saturated heterocycles. The summed E-state index contributed by atoms with van der Waals surface area (Å²) in [4.78, 5) is 18.5. The number of nitrogens with one attached hydrogen (secondary N) is 1. The second-order valence-corrected chi connectivity index (χ2v) is 6.50. The second kappa shape index (κ2) is 7.11. The lowest BCUT2D eigenvalue weighted by molar-refractivity contribution is -0.122. The Morgan fingerprint density at radius 3 is 2.79 bits per heavy atom. The maximum Gasteiger partial charge on any atom is 0.276 e.